The molecule has 13 unspecified atom stereocenters. The van der Waals surface area contributed by atoms with E-state index >= 15 is 0 Å². The van der Waals surface area contributed by atoms with E-state index in [2.05, 4.69) is 40.5 Å². The normalized spacial score (nSPS) is 38.0. The van der Waals surface area contributed by atoms with Crippen molar-refractivity contribution in [3.63, 3.8) is 0 Å². The number of benzene rings is 5. The number of fused-ring (bicyclic) bond motifs is 25. The van der Waals surface area contributed by atoms with E-state index in [4.69, 9.17) is 53.0 Å². The molecule has 123 heavy (non-hydrogen) atoms. The van der Waals surface area contributed by atoms with Crippen molar-refractivity contribution < 1.29 is 93.3 Å². The zero-order valence-electron chi connectivity index (χ0n) is 70.9. The van der Waals surface area contributed by atoms with E-state index in [-0.39, 0.29) is 56.5 Å². The highest BCUT2D eigenvalue weighted by Gasteiger charge is 2.63. The van der Waals surface area contributed by atoms with Gasteiger partial charge >= 0.3 is 51.5 Å². The van der Waals surface area contributed by atoms with Crippen LogP contribution in [0.5, 0.6) is 28.7 Å². The first-order valence-corrected chi connectivity index (χ1v) is 51.8. The highest BCUT2D eigenvalue weighted by atomic mass is 32.3. The summed E-state index contributed by atoms with van der Waals surface area (Å²) in [6.07, 6.45) is 32.2. The molecule has 0 heterocycles. The van der Waals surface area contributed by atoms with Gasteiger partial charge in [-0.25, -0.2) is 0 Å². The lowest BCUT2D eigenvalue weighted by Gasteiger charge is -2.52. The molecule has 672 valence electrons. The molecular weight excluding hydrogens is 1670 g/mol. The maximum Gasteiger partial charge on any atom is 0.380 e. The van der Waals surface area contributed by atoms with Crippen LogP contribution in [0.1, 0.15) is 274 Å². The molecule has 0 saturated heterocycles. The number of rotatable bonds is 10. The summed E-state index contributed by atoms with van der Waals surface area (Å²) < 4.78 is 135. The molecule has 15 aliphatic rings. The molecule has 0 amide bonds. The molecule has 5 aromatic rings. The standard InChI is InChI=1S/C20H25NO4S.C18H25NO5S.2C18H25NO4S.C18H23NO4S/c1-3-20(22)11-9-18-17-6-4-13-12-14(25-26(21,23)24)5-7-15(13)16(17)8-10-19(18,20)2;1-18-7-6-13-12-5-3-11(24-25(19,22)23)8-10(12)2-4-14(13)15(18)9-16(20)17(18)21;3*1-18-9-8-14-13-5-3-12(23-24(19,21)22)10-11(13)2-4-15(14)16(18)6-7-17(18)20/h1,5,7,12,16-18,22H,4,6,8-11H2,2H3,(H2,21,23,24);3,5,8,13-17,20-21H,2,4,6-7,9H2,1H3,(H2,19,22,23);2*3,5,10,14-17,20H,2,4,6-9H2,1H3,(H2,19,21,22);3,5,10,14-16H,2,4,6-9H2,1H3,(H2,19,21,22)/t16?,17-,18?,19+,20?;13?,14-,15?,16?,17+,18+;14?,15-,16?,17?,18+;14?,15-,16?,17+,18+;14?,15-,16?,18+/m11111/s1. The Kier molecular flexibility index (Phi) is 24.2. The second-order valence-electron chi connectivity index (χ2n) is 40.2. The number of hydrogen-bond acceptors (Lipinski definition) is 21. The second kappa shape index (κ2) is 33.0. The Morgan fingerprint density at radius 2 is 0.650 bits per heavy atom. The van der Waals surface area contributed by atoms with Gasteiger partial charge in [0.1, 0.15) is 40.1 Å². The van der Waals surface area contributed by atoms with Crippen molar-refractivity contribution in [1.29, 1.82) is 0 Å². The number of aliphatic hydroxyl groups is 5. The van der Waals surface area contributed by atoms with Crippen LogP contribution >= 0.6 is 0 Å². The smallest absolute Gasteiger partial charge is 0.380 e. The number of hydrogen-bond donors (Lipinski definition) is 10. The largest absolute Gasteiger partial charge is 0.393 e. The number of ketones is 1. The predicted molar refractivity (Wildman–Crippen MR) is 462 cm³/mol. The molecule has 5 aromatic carbocycles. The van der Waals surface area contributed by atoms with Crippen LogP contribution in [0.15, 0.2) is 91.0 Å². The number of nitrogens with two attached hydrogens (primary N) is 5. The van der Waals surface area contributed by atoms with E-state index in [0.717, 1.165) is 190 Å². The third kappa shape index (κ3) is 17.3. The van der Waals surface area contributed by atoms with Crippen molar-refractivity contribution >= 4 is 57.3 Å². The summed E-state index contributed by atoms with van der Waals surface area (Å²) >= 11 is 0. The number of aryl methyl sites for hydroxylation is 5. The fraction of sp³-hybridized carbons (Fsp3) is 0.641. The SMILES string of the molecule is C#CC1(O)CCC2[C@@H]3CCc4cc(OS(N)(=O)=O)ccc4C3CC[C@@]21C.C[C@]12CCC3c4ccc(OS(N)(=O)=O)cc4CC[C@H]3C1CC(O)[C@@H]2O.C[C@]12CCC3c4ccc(OS(N)(=O)=O)cc4CC[C@H]3C1CCC2=O.C[C@]12CCC3c4ccc(OS(N)(=O)=O)cc4CC[C@H]3C1CCC2O.C[C@]12CCC3c4ccc(OS(N)(=O)=O)cc4CC[C@H]3C1CC[C@@H]2O. The summed E-state index contributed by atoms with van der Waals surface area (Å²) in [6.45, 7) is 11.0. The molecule has 15 aliphatic carbocycles. The quantitative estimate of drug-likeness (QED) is 0.0581. The summed E-state index contributed by atoms with van der Waals surface area (Å²) in [5.74, 6) is 12.1. The molecule has 0 aromatic heterocycles. The van der Waals surface area contributed by atoms with Crippen LogP contribution in [0.3, 0.4) is 0 Å². The van der Waals surface area contributed by atoms with Crippen molar-refractivity contribution in [2.45, 2.75) is 280 Å². The molecule has 0 radical (unpaired) electrons. The van der Waals surface area contributed by atoms with E-state index in [9.17, 15) is 72.4 Å². The van der Waals surface area contributed by atoms with Gasteiger partial charge in [0.25, 0.3) is 0 Å². The highest BCUT2D eigenvalue weighted by Crippen LogP contribution is 2.68. The van der Waals surface area contributed by atoms with Gasteiger partial charge in [-0.3, -0.25) is 4.79 Å². The molecule has 10 fully saturated rings. The molecular formula is C92H123N5O21S5. The average molecular weight is 1800 g/mol. The zero-order chi connectivity index (χ0) is 88.1. The van der Waals surface area contributed by atoms with Gasteiger partial charge in [-0.1, -0.05) is 70.9 Å². The van der Waals surface area contributed by atoms with E-state index in [1.807, 2.05) is 48.5 Å². The van der Waals surface area contributed by atoms with Crippen LogP contribution in [0.25, 0.3) is 0 Å². The average Bonchev–Trinajstić information content (AvgIpc) is 1.60. The molecule has 15 N–H and O–H groups in total. The maximum atomic E-state index is 12.3. The number of carbonyl (C=O) groups excluding carboxylic acids is 1. The molecule has 20 rings (SSSR count). The number of terminal acetylenes is 1. The first kappa shape index (κ1) is 90.0. The minimum Gasteiger partial charge on any atom is -0.393 e. The lowest BCUT2D eigenvalue weighted by molar-refractivity contribution is -0.129. The highest BCUT2D eigenvalue weighted by molar-refractivity contribution is 7.85. The van der Waals surface area contributed by atoms with Crippen LogP contribution in [0.2, 0.25) is 0 Å². The number of Topliss-reactive ketones (excluding diaryl/α,β-unsaturated/α-hetero) is 1. The van der Waals surface area contributed by atoms with Crippen LogP contribution in [0.4, 0.5) is 0 Å². The minimum absolute atomic E-state index is 0.0787. The summed E-state index contributed by atoms with van der Waals surface area (Å²) in [5.41, 5.74) is 10.9. The molecule has 0 aliphatic heterocycles. The van der Waals surface area contributed by atoms with Crippen LogP contribution in [-0.4, -0.2) is 103 Å². The van der Waals surface area contributed by atoms with E-state index < -0.39 is 69.3 Å². The third-order valence-corrected chi connectivity index (χ3v) is 36.6. The topological polar surface area (TPSA) is 465 Å². The van der Waals surface area contributed by atoms with Gasteiger partial charge in [0.05, 0.1) is 24.4 Å². The van der Waals surface area contributed by atoms with Gasteiger partial charge in [0.15, 0.2) is 0 Å². The predicted octanol–water partition coefficient (Wildman–Crippen LogP) is 11.6. The van der Waals surface area contributed by atoms with Gasteiger partial charge in [-0.05, 0) is 401 Å². The van der Waals surface area contributed by atoms with Crippen LogP contribution in [-0.2, 0) is 88.4 Å². The Labute approximate surface area is 725 Å². The van der Waals surface area contributed by atoms with E-state index in [0.29, 0.717) is 119 Å². The fourth-order valence-electron chi connectivity index (χ4n) is 28.7. The minimum atomic E-state index is -4.01. The lowest BCUT2D eigenvalue weighted by atomic mass is 9.53. The van der Waals surface area contributed by atoms with E-state index in [1.54, 1.807) is 42.5 Å². The van der Waals surface area contributed by atoms with Gasteiger partial charge in [0, 0.05) is 17.3 Å². The monoisotopic (exact) mass is 1790 g/mol. The van der Waals surface area contributed by atoms with Crippen molar-refractivity contribution in [2.75, 3.05) is 0 Å². The first-order chi connectivity index (χ1) is 57.7. The lowest BCUT2D eigenvalue weighted by Crippen LogP contribution is -2.50. The van der Waals surface area contributed by atoms with Crippen molar-refractivity contribution in [1.82, 2.24) is 0 Å². The van der Waals surface area contributed by atoms with Gasteiger partial charge in [-0.2, -0.15) is 67.8 Å². The van der Waals surface area contributed by atoms with Crippen molar-refractivity contribution in [3.8, 4) is 41.1 Å². The third-order valence-electron chi connectivity index (χ3n) is 34.5. The molecule has 10 saturated carbocycles. The Bertz CT molecular complexity index is 5450. The second-order valence-corrected chi connectivity index (χ2v) is 46.0. The summed E-state index contributed by atoms with van der Waals surface area (Å²) in [7, 11) is -20.0. The van der Waals surface area contributed by atoms with Crippen LogP contribution in [0, 0.1) is 98.6 Å². The Morgan fingerprint density at radius 3 is 0.984 bits per heavy atom. The summed E-state index contributed by atoms with van der Waals surface area (Å²) in [5, 5.41) is 77.3. The van der Waals surface area contributed by atoms with Crippen molar-refractivity contribution in [3.05, 3.63) is 147 Å². The molecule has 26 nitrogen and oxygen atoms in total. The molecule has 31 heteroatoms. The summed E-state index contributed by atoms with van der Waals surface area (Å²) in [4.78, 5) is 12.3. The Hall–Kier alpha value is -6.32. The summed E-state index contributed by atoms with van der Waals surface area (Å²) in [6, 6.07) is 27.5. The van der Waals surface area contributed by atoms with Gasteiger partial charge < -0.3 is 46.4 Å². The van der Waals surface area contributed by atoms with E-state index in [1.165, 1.54) is 38.9 Å². The maximum absolute atomic E-state index is 12.3. The van der Waals surface area contributed by atoms with Crippen LogP contribution < -0.4 is 46.6 Å². The molecule has 25 atom stereocenters. The molecule has 0 spiro atoms. The first-order valence-electron chi connectivity index (χ1n) is 44.4. The number of carbonyl (C=O) groups is 1. The zero-order valence-corrected chi connectivity index (χ0v) is 75.0. The molecule has 0 bridgehead atoms. The Balaban J connectivity index is 0.000000114. The fourth-order valence-corrected chi connectivity index (χ4v) is 30.5. The van der Waals surface area contributed by atoms with Gasteiger partial charge in [0.2, 0.25) is 0 Å². The van der Waals surface area contributed by atoms with Crippen molar-refractivity contribution in [2.24, 2.45) is 112 Å². The Morgan fingerprint density at radius 1 is 0.350 bits per heavy atom. The number of aliphatic hydroxyl groups excluding tert-OH is 4. The van der Waals surface area contributed by atoms with Gasteiger partial charge in [-0.15, -0.1) is 6.42 Å².